The van der Waals surface area contributed by atoms with Gasteiger partial charge in [0.2, 0.25) is 16.8 Å². The van der Waals surface area contributed by atoms with Gasteiger partial charge in [-0.15, -0.1) is 0 Å². The summed E-state index contributed by atoms with van der Waals surface area (Å²) >= 11 is 6.40. The molecule has 2 aliphatic rings. The van der Waals surface area contributed by atoms with Crippen molar-refractivity contribution in [1.82, 2.24) is 24.9 Å². The minimum absolute atomic E-state index is 0.149. The largest absolute Gasteiger partial charge is 0.495 e. The number of nitrogens with one attached hydrogen (secondary N) is 4. The molecule has 1 aromatic heterocycles. The molecule has 2 saturated heterocycles. The number of anilines is 4. The molecule has 0 aliphatic carbocycles. The van der Waals surface area contributed by atoms with Crippen molar-refractivity contribution in [3.8, 4) is 5.75 Å². The summed E-state index contributed by atoms with van der Waals surface area (Å²) < 4.78 is 30.1. The monoisotopic (exact) mass is 585 g/mol. The van der Waals surface area contributed by atoms with E-state index in [1.165, 1.54) is 24.6 Å². The number of para-hydroxylation sites is 1. The Morgan fingerprint density at radius 1 is 1.05 bits per heavy atom. The van der Waals surface area contributed by atoms with Crippen LogP contribution in [0.15, 0.2) is 48.7 Å². The van der Waals surface area contributed by atoms with Crippen molar-refractivity contribution in [2.24, 2.45) is 0 Å². The standard InChI is InChI=1S/C28H36ClN7O3S/c1-39-26-16-20(19-10-14-36(15-11-19)22-8-12-30-13-9-22)6-7-25(26)34-28-31-18-23(29)27(35-28)33-24-5-3-2-4-21(24)17-32-40(37)38/h2-7,16,18-19,22,30,40H,8-15,17H2,1H3,(H,32,37,38)(H2,31,33,34,35). The lowest BCUT2D eigenvalue weighted by atomic mass is 9.88. The molecule has 0 radical (unpaired) electrons. The maximum atomic E-state index is 11.0. The molecule has 0 atom stereocenters. The maximum Gasteiger partial charge on any atom is 0.229 e. The van der Waals surface area contributed by atoms with Gasteiger partial charge in [0, 0.05) is 18.3 Å². The zero-order valence-electron chi connectivity index (χ0n) is 22.5. The Kier molecular flexibility index (Phi) is 9.71. The molecule has 5 rings (SSSR count). The number of aromatic nitrogens is 2. The number of likely N-dealkylation sites (tertiary alicyclic amines) is 1. The number of halogens is 1. The molecule has 0 unspecified atom stereocenters. The number of benzene rings is 2. The quantitative estimate of drug-likeness (QED) is 0.223. The Labute approximate surface area is 242 Å². The van der Waals surface area contributed by atoms with Crippen LogP contribution in [0.5, 0.6) is 5.75 Å². The van der Waals surface area contributed by atoms with Gasteiger partial charge in [0.15, 0.2) is 5.82 Å². The van der Waals surface area contributed by atoms with Crippen LogP contribution in [0.3, 0.4) is 0 Å². The second-order valence-corrected chi connectivity index (χ2v) is 11.4. The second kappa shape index (κ2) is 13.6. The molecule has 3 aromatic rings. The fraction of sp³-hybridized carbons (Fsp3) is 0.429. The lowest BCUT2D eigenvalue weighted by Gasteiger charge is -2.39. The van der Waals surface area contributed by atoms with Crippen LogP contribution in [-0.4, -0.2) is 62.6 Å². The topological polar surface area (TPSA) is 121 Å². The summed E-state index contributed by atoms with van der Waals surface area (Å²) in [7, 11) is -1.04. The van der Waals surface area contributed by atoms with Gasteiger partial charge in [-0.05, 0) is 87.1 Å². The summed E-state index contributed by atoms with van der Waals surface area (Å²) in [5.74, 6) is 1.99. The maximum absolute atomic E-state index is 11.0. The third-order valence-corrected chi connectivity index (χ3v) is 8.40. The molecule has 4 N–H and O–H groups in total. The number of rotatable bonds is 10. The van der Waals surface area contributed by atoms with Gasteiger partial charge in [-0.25, -0.2) is 18.1 Å². The number of ether oxygens (including phenoxy) is 1. The van der Waals surface area contributed by atoms with Crippen LogP contribution in [0.1, 0.15) is 42.7 Å². The molecule has 2 aromatic carbocycles. The lowest BCUT2D eigenvalue weighted by molar-refractivity contribution is 0.127. The molecule has 40 heavy (non-hydrogen) atoms. The van der Waals surface area contributed by atoms with Gasteiger partial charge in [-0.1, -0.05) is 35.9 Å². The van der Waals surface area contributed by atoms with Crippen molar-refractivity contribution < 1.29 is 13.2 Å². The average molecular weight is 586 g/mol. The predicted molar refractivity (Wildman–Crippen MR) is 160 cm³/mol. The first-order chi connectivity index (χ1) is 19.5. The van der Waals surface area contributed by atoms with Crippen LogP contribution < -0.4 is 25.4 Å². The van der Waals surface area contributed by atoms with Gasteiger partial charge in [-0.2, -0.15) is 4.98 Å². The zero-order valence-corrected chi connectivity index (χ0v) is 24.2. The van der Waals surface area contributed by atoms with E-state index in [4.69, 9.17) is 16.3 Å². The van der Waals surface area contributed by atoms with E-state index in [1.54, 1.807) is 7.11 Å². The third kappa shape index (κ3) is 7.21. The van der Waals surface area contributed by atoms with Crippen molar-refractivity contribution in [3.05, 3.63) is 64.8 Å². The Hall–Kier alpha value is -2.96. The van der Waals surface area contributed by atoms with Gasteiger partial charge in [0.25, 0.3) is 0 Å². The highest BCUT2D eigenvalue weighted by Gasteiger charge is 2.27. The summed E-state index contributed by atoms with van der Waals surface area (Å²) in [5.41, 5.74) is 3.49. The molecule has 3 heterocycles. The smallest absolute Gasteiger partial charge is 0.229 e. The molecule has 214 valence electrons. The van der Waals surface area contributed by atoms with Crippen LogP contribution >= 0.6 is 11.6 Å². The van der Waals surface area contributed by atoms with E-state index in [9.17, 15) is 8.42 Å². The number of nitrogens with zero attached hydrogens (tertiary/aromatic N) is 3. The average Bonchev–Trinajstić information content (AvgIpc) is 2.99. The van der Waals surface area contributed by atoms with Gasteiger partial charge in [0.1, 0.15) is 10.8 Å². The molecule has 0 spiro atoms. The van der Waals surface area contributed by atoms with E-state index in [-0.39, 0.29) is 6.54 Å². The van der Waals surface area contributed by atoms with Crippen LogP contribution in [0.2, 0.25) is 5.02 Å². The summed E-state index contributed by atoms with van der Waals surface area (Å²) in [6.45, 7) is 4.68. The lowest BCUT2D eigenvalue weighted by Crippen LogP contribution is -2.46. The minimum atomic E-state index is -2.71. The van der Waals surface area contributed by atoms with Crippen LogP contribution in [0.25, 0.3) is 0 Å². The Balaban J connectivity index is 1.26. The molecule has 12 heteroatoms. The SMILES string of the molecule is COc1cc(C2CCN(C3CCNCC3)CC2)ccc1Nc1ncc(Cl)c(Nc2ccccc2CN[SH](=O)=O)n1. The van der Waals surface area contributed by atoms with E-state index < -0.39 is 10.9 Å². The van der Waals surface area contributed by atoms with Gasteiger partial charge in [-0.3, -0.25) is 0 Å². The number of methoxy groups -OCH3 is 1. The van der Waals surface area contributed by atoms with Crippen LogP contribution in [0.4, 0.5) is 23.1 Å². The van der Waals surface area contributed by atoms with Crippen molar-refractivity contribution >= 4 is 45.6 Å². The minimum Gasteiger partial charge on any atom is -0.495 e. The Bertz CT molecular complexity index is 1370. The first-order valence-corrected chi connectivity index (χ1v) is 15.2. The van der Waals surface area contributed by atoms with E-state index in [0.717, 1.165) is 62.1 Å². The van der Waals surface area contributed by atoms with Crippen molar-refractivity contribution in [2.75, 3.05) is 43.9 Å². The first-order valence-electron chi connectivity index (χ1n) is 13.6. The van der Waals surface area contributed by atoms with E-state index in [1.807, 2.05) is 30.3 Å². The highest BCUT2D eigenvalue weighted by atomic mass is 35.5. The highest BCUT2D eigenvalue weighted by molar-refractivity contribution is 7.70. The number of piperidine rings is 2. The van der Waals surface area contributed by atoms with Crippen LogP contribution in [-0.2, 0) is 17.4 Å². The molecule has 0 bridgehead atoms. The summed E-state index contributed by atoms with van der Waals surface area (Å²) in [6, 6.07) is 14.4. The van der Waals surface area contributed by atoms with E-state index in [0.29, 0.717) is 28.4 Å². The summed E-state index contributed by atoms with van der Waals surface area (Å²) in [6.07, 6.45) is 6.31. The van der Waals surface area contributed by atoms with Crippen molar-refractivity contribution in [1.29, 1.82) is 0 Å². The normalized spacial score (nSPS) is 17.2. The fourth-order valence-electron chi connectivity index (χ4n) is 5.54. The molecule has 10 nitrogen and oxygen atoms in total. The molecule has 2 fully saturated rings. The molecular formula is C28H36ClN7O3S. The molecular weight excluding hydrogens is 550 g/mol. The summed E-state index contributed by atoms with van der Waals surface area (Å²) in [4.78, 5) is 11.6. The van der Waals surface area contributed by atoms with Crippen molar-refractivity contribution in [2.45, 2.75) is 44.2 Å². The van der Waals surface area contributed by atoms with Crippen LogP contribution in [0, 0.1) is 0 Å². The molecule has 0 saturated carbocycles. The molecule has 2 aliphatic heterocycles. The fourth-order valence-corrected chi connectivity index (χ4v) is 5.98. The van der Waals surface area contributed by atoms with Gasteiger partial charge >= 0.3 is 0 Å². The van der Waals surface area contributed by atoms with Gasteiger partial charge in [0.05, 0.1) is 19.0 Å². The first kappa shape index (κ1) is 28.6. The summed E-state index contributed by atoms with van der Waals surface area (Å²) in [5, 5.41) is 10.3. The number of hydrogen-bond acceptors (Lipinski definition) is 9. The zero-order chi connectivity index (χ0) is 27.9. The van der Waals surface area contributed by atoms with E-state index in [2.05, 4.69) is 47.7 Å². The highest BCUT2D eigenvalue weighted by Crippen LogP contribution is 2.36. The predicted octanol–water partition coefficient (Wildman–Crippen LogP) is 4.17. The molecule has 0 amide bonds. The van der Waals surface area contributed by atoms with Gasteiger partial charge < -0.3 is 25.6 Å². The van der Waals surface area contributed by atoms with Crippen molar-refractivity contribution in [3.63, 3.8) is 0 Å². The number of hydrogen-bond donors (Lipinski definition) is 5. The van der Waals surface area contributed by atoms with E-state index >= 15 is 0 Å². The number of thiol groups is 1. The second-order valence-electron chi connectivity index (χ2n) is 10.1. The third-order valence-electron chi connectivity index (χ3n) is 7.71. The Morgan fingerprint density at radius 3 is 2.58 bits per heavy atom. The Morgan fingerprint density at radius 2 is 1.82 bits per heavy atom.